The highest BCUT2D eigenvalue weighted by Crippen LogP contribution is 2.16. The van der Waals surface area contributed by atoms with Gasteiger partial charge in [0.25, 0.3) is 0 Å². The van der Waals surface area contributed by atoms with Crippen LogP contribution in [0.3, 0.4) is 0 Å². The van der Waals surface area contributed by atoms with Crippen LogP contribution in [0.4, 0.5) is 0 Å². The Labute approximate surface area is 83.9 Å². The van der Waals surface area contributed by atoms with Crippen LogP contribution in [0.5, 0.6) is 0 Å². The van der Waals surface area contributed by atoms with Gasteiger partial charge in [0, 0.05) is 16.5 Å². The average molecular weight is 255 g/mol. The van der Waals surface area contributed by atoms with Gasteiger partial charge in [-0.05, 0) is 27.6 Å². The molecule has 0 spiro atoms. The van der Waals surface area contributed by atoms with E-state index in [2.05, 4.69) is 20.9 Å². The van der Waals surface area contributed by atoms with Crippen LogP contribution in [0.2, 0.25) is 0 Å². The Hall–Kier alpha value is 0.210. The molecule has 0 bridgehead atoms. The van der Waals surface area contributed by atoms with Crippen LogP contribution < -0.4 is 0 Å². The Morgan fingerprint density at radius 1 is 1.36 bits per heavy atom. The van der Waals surface area contributed by atoms with E-state index in [9.17, 15) is 0 Å². The van der Waals surface area contributed by atoms with E-state index in [0.29, 0.717) is 11.8 Å². The predicted octanol–water partition coefficient (Wildman–Crippen LogP) is 3.32. The maximum Gasteiger partial charge on any atom is 0.0650 e. The van der Waals surface area contributed by atoms with Gasteiger partial charge >= 0.3 is 0 Å². The summed E-state index contributed by atoms with van der Waals surface area (Å²) in [6.45, 7) is 0. The van der Waals surface area contributed by atoms with E-state index in [1.807, 2.05) is 6.07 Å². The summed E-state index contributed by atoms with van der Waals surface area (Å²) in [5, 5.41) is 0. The Balaban J connectivity index is 3.06. The molecule has 1 nitrogen and oxygen atoms in total. The minimum Gasteiger partial charge on any atom is -0.259 e. The van der Waals surface area contributed by atoms with Gasteiger partial charge < -0.3 is 0 Å². The second kappa shape index (κ2) is 4.29. The van der Waals surface area contributed by atoms with Crippen molar-refractivity contribution in [3.05, 3.63) is 28.0 Å². The number of nitrogens with zero attached hydrogens (tertiary/aromatic N) is 1. The van der Waals surface area contributed by atoms with Gasteiger partial charge in [-0.25, -0.2) is 0 Å². The highest BCUT2D eigenvalue weighted by Gasteiger charge is 2.01. The molecule has 1 aromatic heterocycles. The van der Waals surface area contributed by atoms with E-state index < -0.39 is 0 Å². The fourth-order valence-corrected chi connectivity index (χ4v) is 1.60. The Bertz CT molecular complexity index is 252. The summed E-state index contributed by atoms with van der Waals surface area (Å²) >= 11 is 14.6. The molecule has 1 aromatic rings. The van der Waals surface area contributed by atoms with Crippen LogP contribution in [-0.2, 0) is 11.8 Å². The molecule has 0 saturated heterocycles. The molecule has 1 rings (SSSR count). The minimum atomic E-state index is 0.412. The Kier molecular flexibility index (Phi) is 3.63. The summed E-state index contributed by atoms with van der Waals surface area (Å²) in [5.41, 5.74) is 1.83. The number of halogens is 3. The van der Waals surface area contributed by atoms with Crippen molar-refractivity contribution in [1.29, 1.82) is 0 Å². The number of hydrogen-bond donors (Lipinski definition) is 0. The summed E-state index contributed by atoms with van der Waals surface area (Å²) < 4.78 is 0.932. The van der Waals surface area contributed by atoms with E-state index in [1.54, 1.807) is 6.20 Å². The third kappa shape index (κ3) is 2.32. The summed E-state index contributed by atoms with van der Waals surface area (Å²) in [4.78, 5) is 4.10. The van der Waals surface area contributed by atoms with Crippen LogP contribution >= 0.6 is 39.1 Å². The maximum atomic E-state index is 5.66. The zero-order valence-electron chi connectivity index (χ0n) is 5.65. The largest absolute Gasteiger partial charge is 0.259 e. The molecule has 0 aliphatic carbocycles. The van der Waals surface area contributed by atoms with E-state index in [4.69, 9.17) is 23.2 Å². The lowest BCUT2D eigenvalue weighted by molar-refractivity contribution is 1.10. The molecule has 4 heteroatoms. The first-order valence-corrected chi connectivity index (χ1v) is 4.89. The molecule has 60 valence electrons. The third-order valence-corrected chi connectivity index (χ3v) is 2.27. The normalized spacial score (nSPS) is 10.1. The summed E-state index contributed by atoms with van der Waals surface area (Å²) in [6.07, 6.45) is 1.72. The molecule has 1 heterocycles. The third-order valence-electron chi connectivity index (χ3n) is 1.30. The van der Waals surface area contributed by atoms with Crippen molar-refractivity contribution < 1.29 is 0 Å². The smallest absolute Gasteiger partial charge is 0.0650 e. The van der Waals surface area contributed by atoms with Gasteiger partial charge in [0.15, 0.2) is 0 Å². The average Bonchev–Trinajstić information content (AvgIpc) is 2.04. The van der Waals surface area contributed by atoms with Gasteiger partial charge in [-0.3, -0.25) is 4.98 Å². The number of pyridine rings is 1. The number of alkyl halides is 2. The zero-order chi connectivity index (χ0) is 8.27. The predicted molar refractivity (Wildman–Crippen MR) is 51.1 cm³/mol. The van der Waals surface area contributed by atoms with Gasteiger partial charge in [-0.2, -0.15) is 0 Å². The van der Waals surface area contributed by atoms with Crippen LogP contribution in [0.15, 0.2) is 16.7 Å². The fraction of sp³-hybridized carbons (Fsp3) is 0.286. The molecule has 0 aliphatic rings. The summed E-state index contributed by atoms with van der Waals surface area (Å²) in [7, 11) is 0. The van der Waals surface area contributed by atoms with Crippen LogP contribution in [-0.4, -0.2) is 4.98 Å². The van der Waals surface area contributed by atoms with E-state index in [1.165, 1.54) is 0 Å². The highest BCUT2D eigenvalue weighted by molar-refractivity contribution is 9.10. The first-order valence-electron chi connectivity index (χ1n) is 3.03. The Morgan fingerprint density at radius 2 is 2.09 bits per heavy atom. The van der Waals surface area contributed by atoms with Crippen molar-refractivity contribution in [3.8, 4) is 0 Å². The van der Waals surface area contributed by atoms with Crippen molar-refractivity contribution in [2.24, 2.45) is 0 Å². The molecule has 0 saturated carbocycles. The zero-order valence-corrected chi connectivity index (χ0v) is 8.75. The van der Waals surface area contributed by atoms with Gasteiger partial charge in [0.05, 0.1) is 11.6 Å². The van der Waals surface area contributed by atoms with E-state index >= 15 is 0 Å². The summed E-state index contributed by atoms with van der Waals surface area (Å²) in [6, 6.07) is 1.93. The molecule has 0 unspecified atom stereocenters. The van der Waals surface area contributed by atoms with Gasteiger partial charge in [-0.15, -0.1) is 23.2 Å². The van der Waals surface area contributed by atoms with E-state index in [0.717, 1.165) is 15.7 Å². The highest BCUT2D eigenvalue weighted by atomic mass is 79.9. The molecule has 0 amide bonds. The van der Waals surface area contributed by atoms with Crippen molar-refractivity contribution in [2.45, 2.75) is 11.8 Å². The second-order valence-electron chi connectivity index (χ2n) is 2.03. The van der Waals surface area contributed by atoms with Crippen LogP contribution in [0, 0.1) is 0 Å². The van der Waals surface area contributed by atoms with Crippen LogP contribution in [0.25, 0.3) is 0 Å². The number of rotatable bonds is 2. The lowest BCUT2D eigenvalue weighted by Gasteiger charge is -2.01. The molecule has 11 heavy (non-hydrogen) atoms. The fourth-order valence-electron chi connectivity index (χ4n) is 0.746. The standard InChI is InChI=1S/C7H6BrCl2N/c8-6-1-5(2-9)7(3-10)11-4-6/h1,4H,2-3H2. The van der Waals surface area contributed by atoms with Crippen LogP contribution in [0.1, 0.15) is 11.3 Å². The molecule has 0 aliphatic heterocycles. The number of aromatic nitrogens is 1. The lowest BCUT2D eigenvalue weighted by Crippen LogP contribution is -1.92. The van der Waals surface area contributed by atoms with Crippen molar-refractivity contribution in [1.82, 2.24) is 4.98 Å². The molecule has 0 atom stereocenters. The second-order valence-corrected chi connectivity index (χ2v) is 3.48. The number of hydrogen-bond acceptors (Lipinski definition) is 1. The molecule has 0 radical (unpaired) electrons. The van der Waals surface area contributed by atoms with Crippen molar-refractivity contribution in [2.75, 3.05) is 0 Å². The molecular formula is C7H6BrCl2N. The lowest BCUT2D eigenvalue weighted by atomic mass is 10.2. The monoisotopic (exact) mass is 253 g/mol. The molecule has 0 aromatic carbocycles. The summed E-state index contributed by atoms with van der Waals surface area (Å²) in [5.74, 6) is 0.865. The first kappa shape index (κ1) is 9.30. The maximum absolute atomic E-state index is 5.66. The van der Waals surface area contributed by atoms with Gasteiger partial charge in [0.2, 0.25) is 0 Å². The molecule has 0 N–H and O–H groups in total. The molecule has 0 fully saturated rings. The van der Waals surface area contributed by atoms with Gasteiger partial charge in [-0.1, -0.05) is 0 Å². The topological polar surface area (TPSA) is 12.9 Å². The molecular weight excluding hydrogens is 249 g/mol. The quantitative estimate of drug-likeness (QED) is 0.738. The van der Waals surface area contributed by atoms with Crippen molar-refractivity contribution in [3.63, 3.8) is 0 Å². The van der Waals surface area contributed by atoms with Crippen molar-refractivity contribution >= 4 is 39.1 Å². The van der Waals surface area contributed by atoms with E-state index in [-0.39, 0.29) is 0 Å². The first-order chi connectivity index (χ1) is 5.27. The SMILES string of the molecule is ClCc1cc(Br)cnc1CCl. The van der Waals surface area contributed by atoms with Gasteiger partial charge in [0.1, 0.15) is 0 Å². The Morgan fingerprint density at radius 3 is 2.64 bits per heavy atom. The minimum absolute atomic E-state index is 0.412.